The molecular weight excluding hydrogens is 316 g/mol. The molecule has 0 aliphatic heterocycles. The molecule has 0 aliphatic rings. The van der Waals surface area contributed by atoms with Crippen molar-refractivity contribution in [1.82, 2.24) is 14.8 Å². The Balaban J connectivity index is 2.03. The number of carbonyl (C=O) groups excluding carboxylic acids is 2. The summed E-state index contributed by atoms with van der Waals surface area (Å²) in [5.41, 5.74) is 2.17. The lowest BCUT2D eigenvalue weighted by atomic mass is 10.1. The Hall–Kier alpha value is -2.89. The number of carbonyl (C=O) groups is 2. The Morgan fingerprint density at radius 2 is 1.76 bits per heavy atom. The lowest BCUT2D eigenvalue weighted by Gasteiger charge is -2.20. The van der Waals surface area contributed by atoms with Gasteiger partial charge >= 0.3 is 6.03 Å². The number of urea groups is 1. The van der Waals surface area contributed by atoms with Gasteiger partial charge in [-0.1, -0.05) is 6.07 Å². The molecule has 3 amide bonds. The zero-order valence-corrected chi connectivity index (χ0v) is 14.9. The van der Waals surface area contributed by atoms with Crippen molar-refractivity contribution in [1.29, 1.82) is 0 Å². The van der Waals surface area contributed by atoms with Crippen LogP contribution in [0.1, 0.15) is 29.8 Å². The van der Waals surface area contributed by atoms with Crippen LogP contribution in [0.3, 0.4) is 0 Å². The third-order valence-corrected chi connectivity index (χ3v) is 3.93. The summed E-state index contributed by atoms with van der Waals surface area (Å²) < 4.78 is 0. The summed E-state index contributed by atoms with van der Waals surface area (Å²) in [5.74, 6) is -0.0359. The first-order chi connectivity index (χ1) is 12.0. The van der Waals surface area contributed by atoms with Gasteiger partial charge in [0.1, 0.15) is 0 Å². The molecule has 2 rings (SSSR count). The number of nitrogens with one attached hydrogen (secondary N) is 1. The minimum Gasteiger partial charge on any atom is -0.339 e. The molecule has 0 saturated carbocycles. The number of hydrogen-bond donors (Lipinski definition) is 1. The van der Waals surface area contributed by atoms with Crippen LogP contribution in [0.15, 0.2) is 48.8 Å². The van der Waals surface area contributed by atoms with Gasteiger partial charge in [0.15, 0.2) is 0 Å². The van der Waals surface area contributed by atoms with Gasteiger partial charge in [-0.3, -0.25) is 9.78 Å². The zero-order chi connectivity index (χ0) is 18.2. The fourth-order valence-corrected chi connectivity index (χ4v) is 2.48. The largest absolute Gasteiger partial charge is 0.339 e. The summed E-state index contributed by atoms with van der Waals surface area (Å²) in [6.45, 7) is 5.68. The van der Waals surface area contributed by atoms with Crippen LogP contribution >= 0.6 is 0 Å². The minimum absolute atomic E-state index is 0.0359. The van der Waals surface area contributed by atoms with E-state index in [4.69, 9.17) is 0 Å². The van der Waals surface area contributed by atoms with Crippen molar-refractivity contribution in [2.24, 2.45) is 0 Å². The molecule has 132 valence electrons. The van der Waals surface area contributed by atoms with E-state index in [0.717, 1.165) is 5.56 Å². The summed E-state index contributed by atoms with van der Waals surface area (Å²) in [6, 6.07) is 10.5. The van der Waals surface area contributed by atoms with Gasteiger partial charge < -0.3 is 15.1 Å². The first-order valence-corrected chi connectivity index (χ1v) is 8.35. The van der Waals surface area contributed by atoms with Crippen molar-refractivity contribution in [2.45, 2.75) is 20.4 Å². The topological polar surface area (TPSA) is 65.5 Å². The van der Waals surface area contributed by atoms with Crippen LogP contribution in [0.25, 0.3) is 0 Å². The number of nitrogens with zero attached hydrogens (tertiary/aromatic N) is 3. The highest BCUT2D eigenvalue weighted by Crippen LogP contribution is 2.14. The van der Waals surface area contributed by atoms with Gasteiger partial charge in [-0.25, -0.2) is 4.79 Å². The standard InChI is InChI=1S/C19H24N4O2/c1-4-23(5-2)18(24)16-7-6-8-17(13-16)21-19(25)22(3)14-15-9-11-20-12-10-15/h6-13H,4-5,14H2,1-3H3,(H,21,25). The third kappa shape index (κ3) is 5.04. The number of pyridine rings is 1. The molecule has 1 aromatic carbocycles. The zero-order valence-electron chi connectivity index (χ0n) is 14.9. The Morgan fingerprint density at radius 3 is 2.40 bits per heavy atom. The molecule has 0 bridgehead atoms. The van der Waals surface area contributed by atoms with E-state index in [1.54, 1.807) is 53.5 Å². The molecule has 1 N–H and O–H groups in total. The van der Waals surface area contributed by atoms with Crippen LogP contribution in [-0.2, 0) is 6.54 Å². The van der Waals surface area contributed by atoms with E-state index < -0.39 is 0 Å². The molecule has 0 saturated heterocycles. The van der Waals surface area contributed by atoms with E-state index >= 15 is 0 Å². The highest BCUT2D eigenvalue weighted by molar-refractivity contribution is 5.96. The maximum Gasteiger partial charge on any atom is 0.321 e. The van der Waals surface area contributed by atoms with Crippen molar-refractivity contribution >= 4 is 17.6 Å². The molecule has 1 heterocycles. The number of amides is 3. The average molecular weight is 340 g/mol. The van der Waals surface area contributed by atoms with Crippen LogP contribution in [0.4, 0.5) is 10.5 Å². The molecule has 6 nitrogen and oxygen atoms in total. The summed E-state index contributed by atoms with van der Waals surface area (Å²) in [4.78, 5) is 32.1. The lowest BCUT2D eigenvalue weighted by Crippen LogP contribution is -2.32. The van der Waals surface area contributed by atoms with E-state index in [1.165, 1.54) is 0 Å². The summed E-state index contributed by atoms with van der Waals surface area (Å²) >= 11 is 0. The van der Waals surface area contributed by atoms with Gasteiger partial charge in [-0.05, 0) is 49.7 Å². The van der Waals surface area contributed by atoms with Crippen molar-refractivity contribution in [3.63, 3.8) is 0 Å². The minimum atomic E-state index is -0.232. The smallest absolute Gasteiger partial charge is 0.321 e. The van der Waals surface area contributed by atoms with E-state index in [0.29, 0.717) is 30.9 Å². The van der Waals surface area contributed by atoms with E-state index in [1.807, 2.05) is 26.0 Å². The molecule has 0 fully saturated rings. The van der Waals surface area contributed by atoms with Gasteiger partial charge in [0.05, 0.1) is 0 Å². The summed E-state index contributed by atoms with van der Waals surface area (Å²) in [5, 5.41) is 2.83. The van der Waals surface area contributed by atoms with Gasteiger partial charge in [-0.2, -0.15) is 0 Å². The fourth-order valence-electron chi connectivity index (χ4n) is 2.48. The molecule has 0 radical (unpaired) electrons. The lowest BCUT2D eigenvalue weighted by molar-refractivity contribution is 0.0773. The van der Waals surface area contributed by atoms with Crippen LogP contribution in [0.5, 0.6) is 0 Å². The van der Waals surface area contributed by atoms with Crippen LogP contribution < -0.4 is 5.32 Å². The van der Waals surface area contributed by atoms with Crippen molar-refractivity contribution < 1.29 is 9.59 Å². The first kappa shape index (κ1) is 18.4. The van der Waals surface area contributed by atoms with Crippen molar-refractivity contribution in [3.8, 4) is 0 Å². The quantitative estimate of drug-likeness (QED) is 0.878. The van der Waals surface area contributed by atoms with Gasteiger partial charge in [-0.15, -0.1) is 0 Å². The normalized spacial score (nSPS) is 10.2. The highest BCUT2D eigenvalue weighted by Gasteiger charge is 2.14. The van der Waals surface area contributed by atoms with E-state index in [9.17, 15) is 9.59 Å². The number of hydrogen-bond acceptors (Lipinski definition) is 3. The number of anilines is 1. The molecule has 0 spiro atoms. The Bertz CT molecular complexity index is 714. The van der Waals surface area contributed by atoms with E-state index in [2.05, 4.69) is 10.3 Å². The Morgan fingerprint density at radius 1 is 1.08 bits per heavy atom. The predicted molar refractivity (Wildman–Crippen MR) is 98.4 cm³/mol. The van der Waals surface area contributed by atoms with Gasteiger partial charge in [0.25, 0.3) is 5.91 Å². The van der Waals surface area contributed by atoms with Crippen molar-refractivity contribution in [3.05, 3.63) is 59.9 Å². The van der Waals surface area contributed by atoms with Gasteiger partial charge in [0.2, 0.25) is 0 Å². The monoisotopic (exact) mass is 340 g/mol. The molecule has 0 atom stereocenters. The van der Waals surface area contributed by atoms with Crippen LogP contribution in [-0.4, -0.2) is 46.9 Å². The second kappa shape index (κ2) is 8.82. The van der Waals surface area contributed by atoms with E-state index in [-0.39, 0.29) is 11.9 Å². The molecule has 2 aromatic rings. The predicted octanol–water partition coefficient (Wildman–Crippen LogP) is 3.23. The second-order valence-electron chi connectivity index (χ2n) is 5.70. The van der Waals surface area contributed by atoms with Crippen LogP contribution in [0, 0.1) is 0 Å². The summed E-state index contributed by atoms with van der Waals surface area (Å²) in [7, 11) is 1.72. The maximum absolute atomic E-state index is 12.4. The number of rotatable bonds is 6. The number of aromatic nitrogens is 1. The van der Waals surface area contributed by atoms with Crippen LogP contribution in [0.2, 0.25) is 0 Å². The molecule has 25 heavy (non-hydrogen) atoms. The first-order valence-electron chi connectivity index (χ1n) is 8.35. The molecule has 1 aromatic heterocycles. The third-order valence-electron chi connectivity index (χ3n) is 3.93. The fraction of sp³-hybridized carbons (Fsp3) is 0.316. The molecule has 0 unspecified atom stereocenters. The molecule has 0 aliphatic carbocycles. The SMILES string of the molecule is CCN(CC)C(=O)c1cccc(NC(=O)N(C)Cc2ccncc2)c1. The van der Waals surface area contributed by atoms with Crippen molar-refractivity contribution in [2.75, 3.05) is 25.5 Å². The molecule has 6 heteroatoms. The van der Waals surface area contributed by atoms with Gasteiger partial charge in [0, 0.05) is 50.3 Å². The summed E-state index contributed by atoms with van der Waals surface area (Å²) in [6.07, 6.45) is 3.40. The maximum atomic E-state index is 12.4. The Kier molecular flexibility index (Phi) is 6.51. The number of benzene rings is 1. The average Bonchev–Trinajstić information content (AvgIpc) is 2.63. The highest BCUT2D eigenvalue weighted by atomic mass is 16.2. The molecular formula is C19H24N4O2. The second-order valence-corrected chi connectivity index (χ2v) is 5.70. The Labute approximate surface area is 148 Å².